The second-order valence-electron chi connectivity index (χ2n) is 3.96. The van der Waals surface area contributed by atoms with Gasteiger partial charge in [0.2, 0.25) is 0 Å². The maximum absolute atomic E-state index is 13.5. The second kappa shape index (κ2) is 5.96. The molecule has 1 nitrogen and oxygen atoms in total. The van der Waals surface area contributed by atoms with Gasteiger partial charge >= 0.3 is 0 Å². The highest BCUT2D eigenvalue weighted by Gasteiger charge is 2.14. The predicted molar refractivity (Wildman–Crippen MR) is 78.6 cm³/mol. The minimum atomic E-state index is -0.591. The first-order chi connectivity index (χ1) is 8.97. The van der Waals surface area contributed by atoms with Gasteiger partial charge in [-0.05, 0) is 64.6 Å². The molecule has 0 aromatic heterocycles. The van der Waals surface area contributed by atoms with E-state index in [9.17, 15) is 13.6 Å². The summed E-state index contributed by atoms with van der Waals surface area (Å²) in [5.41, 5.74) is 0.456. The fourth-order valence-electron chi connectivity index (χ4n) is 1.66. The average molecular weight is 393 g/mol. The van der Waals surface area contributed by atoms with Crippen molar-refractivity contribution in [1.29, 1.82) is 0 Å². The number of hydrogen-bond donors (Lipinski definition) is 0. The van der Waals surface area contributed by atoms with Crippen molar-refractivity contribution < 1.29 is 13.6 Å². The van der Waals surface area contributed by atoms with Gasteiger partial charge in [0.05, 0.1) is 0 Å². The Morgan fingerprint density at radius 3 is 2.63 bits per heavy atom. The van der Waals surface area contributed by atoms with Gasteiger partial charge < -0.3 is 0 Å². The number of rotatable bonds is 3. The van der Waals surface area contributed by atoms with Gasteiger partial charge in [-0.3, -0.25) is 4.79 Å². The molecule has 0 spiro atoms. The molecule has 0 N–H and O–H groups in total. The van der Waals surface area contributed by atoms with Gasteiger partial charge in [-0.15, -0.1) is 0 Å². The third-order valence-electron chi connectivity index (χ3n) is 2.59. The highest BCUT2D eigenvalue weighted by molar-refractivity contribution is 14.1. The first-order valence-electron chi connectivity index (χ1n) is 5.39. The molecule has 0 bridgehead atoms. The molecule has 0 heterocycles. The van der Waals surface area contributed by atoms with Gasteiger partial charge in [0, 0.05) is 20.6 Å². The number of Topliss-reactive ketones (excluding diaryl/α,β-unsaturated/α-hetero) is 1. The average Bonchev–Trinajstić information content (AvgIpc) is 2.36. The summed E-state index contributed by atoms with van der Waals surface area (Å²) < 4.78 is 27.2. The topological polar surface area (TPSA) is 17.1 Å². The minimum absolute atomic E-state index is 0.0424. The molecule has 0 saturated heterocycles. The maximum Gasteiger partial charge on any atom is 0.168 e. The van der Waals surface area contributed by atoms with Crippen LogP contribution in [0.5, 0.6) is 0 Å². The van der Waals surface area contributed by atoms with E-state index >= 15 is 0 Å². The highest BCUT2D eigenvalue weighted by atomic mass is 127. The van der Waals surface area contributed by atoms with Crippen LogP contribution in [0.2, 0.25) is 5.02 Å². The van der Waals surface area contributed by atoms with Crippen molar-refractivity contribution in [3.8, 4) is 0 Å². The minimum Gasteiger partial charge on any atom is -0.294 e. The Hall–Kier alpha value is -1.01. The molecular weight excluding hydrogens is 385 g/mol. The fraction of sp³-hybridized carbons (Fsp3) is 0.0714. The lowest BCUT2D eigenvalue weighted by Gasteiger charge is -2.06. The molecule has 5 heteroatoms. The summed E-state index contributed by atoms with van der Waals surface area (Å²) >= 11 is 7.83. The van der Waals surface area contributed by atoms with E-state index in [0.29, 0.717) is 10.6 Å². The molecule has 2 rings (SSSR count). The lowest BCUT2D eigenvalue weighted by Crippen LogP contribution is -2.07. The highest BCUT2D eigenvalue weighted by Crippen LogP contribution is 2.20. The van der Waals surface area contributed by atoms with Crippen molar-refractivity contribution in [3.63, 3.8) is 0 Å². The fourth-order valence-corrected chi connectivity index (χ4v) is 2.47. The molecule has 0 unspecified atom stereocenters. The van der Waals surface area contributed by atoms with E-state index in [1.165, 1.54) is 6.07 Å². The second-order valence-corrected chi connectivity index (χ2v) is 5.56. The van der Waals surface area contributed by atoms with Crippen LogP contribution in [0.4, 0.5) is 8.78 Å². The van der Waals surface area contributed by atoms with Crippen LogP contribution >= 0.6 is 34.2 Å². The summed E-state index contributed by atoms with van der Waals surface area (Å²) in [4.78, 5) is 12.1. The Morgan fingerprint density at radius 1 is 1.16 bits per heavy atom. The predicted octanol–water partition coefficient (Wildman–Crippen LogP) is 4.65. The molecule has 2 aromatic rings. The summed E-state index contributed by atoms with van der Waals surface area (Å²) in [6.45, 7) is 0. The lowest BCUT2D eigenvalue weighted by molar-refractivity contribution is 0.0991. The molecule has 0 aliphatic heterocycles. The Kier molecular flexibility index (Phi) is 4.52. The first-order valence-corrected chi connectivity index (χ1v) is 6.85. The third-order valence-corrected chi connectivity index (χ3v) is 3.76. The number of ketones is 1. The molecular formula is C14H8ClF2IO. The molecule has 0 fully saturated rings. The van der Waals surface area contributed by atoms with Crippen LogP contribution in [0.1, 0.15) is 15.9 Å². The van der Waals surface area contributed by atoms with E-state index in [0.717, 1.165) is 21.8 Å². The van der Waals surface area contributed by atoms with Gasteiger partial charge in [-0.25, -0.2) is 8.78 Å². The molecule has 0 saturated carbocycles. The van der Waals surface area contributed by atoms with E-state index in [2.05, 4.69) is 0 Å². The van der Waals surface area contributed by atoms with Crippen molar-refractivity contribution in [2.75, 3.05) is 0 Å². The van der Waals surface area contributed by atoms with Crippen molar-refractivity contribution in [2.24, 2.45) is 0 Å². The van der Waals surface area contributed by atoms with Gasteiger partial charge in [0.25, 0.3) is 0 Å². The maximum atomic E-state index is 13.5. The molecule has 2 aromatic carbocycles. The van der Waals surface area contributed by atoms with Crippen molar-refractivity contribution in [2.45, 2.75) is 6.42 Å². The van der Waals surface area contributed by atoms with Crippen LogP contribution < -0.4 is 0 Å². The van der Waals surface area contributed by atoms with Crippen molar-refractivity contribution in [3.05, 3.63) is 67.8 Å². The molecule has 19 heavy (non-hydrogen) atoms. The van der Waals surface area contributed by atoms with E-state index in [1.54, 1.807) is 12.1 Å². The summed E-state index contributed by atoms with van der Waals surface area (Å²) in [5.74, 6) is -1.45. The third kappa shape index (κ3) is 3.51. The van der Waals surface area contributed by atoms with Crippen LogP contribution in [0.15, 0.2) is 36.4 Å². The van der Waals surface area contributed by atoms with Gasteiger partial charge in [-0.1, -0.05) is 11.6 Å². The summed E-state index contributed by atoms with van der Waals surface area (Å²) in [6.07, 6.45) is -0.195. The van der Waals surface area contributed by atoms with Crippen LogP contribution in [-0.4, -0.2) is 5.78 Å². The summed E-state index contributed by atoms with van der Waals surface area (Å²) in [6, 6.07) is 7.97. The summed E-state index contributed by atoms with van der Waals surface area (Å²) in [7, 11) is 0. The normalized spacial score (nSPS) is 10.5. The Morgan fingerprint density at radius 2 is 1.89 bits per heavy atom. The zero-order chi connectivity index (χ0) is 14.0. The smallest absolute Gasteiger partial charge is 0.168 e. The van der Waals surface area contributed by atoms with E-state index < -0.39 is 11.6 Å². The van der Waals surface area contributed by atoms with Crippen LogP contribution in [0.25, 0.3) is 0 Å². The number of carbonyl (C=O) groups excluding carboxylic acids is 1. The van der Waals surface area contributed by atoms with Gasteiger partial charge in [0.15, 0.2) is 5.78 Å². The van der Waals surface area contributed by atoms with Gasteiger partial charge in [0.1, 0.15) is 11.6 Å². The Balaban J connectivity index is 2.30. The lowest BCUT2D eigenvalue weighted by atomic mass is 10.0. The largest absolute Gasteiger partial charge is 0.294 e. The van der Waals surface area contributed by atoms with Crippen LogP contribution in [0, 0.1) is 15.2 Å². The van der Waals surface area contributed by atoms with E-state index in [4.69, 9.17) is 11.6 Å². The van der Waals surface area contributed by atoms with E-state index in [1.807, 2.05) is 22.6 Å². The number of benzene rings is 2. The van der Waals surface area contributed by atoms with Crippen LogP contribution in [-0.2, 0) is 6.42 Å². The molecule has 0 atom stereocenters. The zero-order valence-corrected chi connectivity index (χ0v) is 12.5. The summed E-state index contributed by atoms with van der Waals surface area (Å²) in [5, 5.41) is 0.434. The number of carbonyl (C=O) groups is 1. The zero-order valence-electron chi connectivity index (χ0n) is 9.59. The van der Waals surface area contributed by atoms with Crippen molar-refractivity contribution in [1.82, 2.24) is 0 Å². The Bertz CT molecular complexity index is 643. The SMILES string of the molecule is O=C(Cc1cc(F)ccc1F)c1cc(Cl)ccc1I. The standard InChI is InChI=1S/C14H8ClF2IO/c15-9-1-4-13(18)11(7-9)14(19)6-8-5-10(16)2-3-12(8)17/h1-5,7H,6H2. The number of hydrogen-bond acceptors (Lipinski definition) is 1. The molecule has 0 amide bonds. The van der Waals surface area contributed by atoms with E-state index in [-0.39, 0.29) is 17.8 Å². The number of halogens is 4. The van der Waals surface area contributed by atoms with Crippen molar-refractivity contribution >= 4 is 40.0 Å². The monoisotopic (exact) mass is 392 g/mol. The first kappa shape index (κ1) is 14.4. The van der Waals surface area contributed by atoms with Gasteiger partial charge in [-0.2, -0.15) is 0 Å². The molecule has 98 valence electrons. The van der Waals surface area contributed by atoms with Crippen LogP contribution in [0.3, 0.4) is 0 Å². The molecule has 0 radical (unpaired) electrons. The quantitative estimate of drug-likeness (QED) is 0.549. The molecule has 0 aliphatic rings. The molecule has 0 aliphatic carbocycles. The Labute approximate surface area is 127 Å².